The molecular weight excluding hydrogens is 374 g/mol. The molecule has 1 aromatic rings. The predicted molar refractivity (Wildman–Crippen MR) is 113 cm³/mol. The molecule has 0 aromatic heterocycles. The molecule has 1 heterocycles. The maximum Gasteiger partial charge on any atom is 0.303 e. The molecule has 0 radical (unpaired) electrons. The number of hydrogen-bond acceptors (Lipinski definition) is 3. The molecule has 1 atom stereocenters. The van der Waals surface area contributed by atoms with Crippen LogP contribution in [0, 0.1) is 0 Å². The Morgan fingerprint density at radius 2 is 1.57 bits per heavy atom. The van der Waals surface area contributed by atoms with Crippen LogP contribution >= 0.6 is 0 Å². The summed E-state index contributed by atoms with van der Waals surface area (Å²) in [5, 5.41) is 8.60. The van der Waals surface area contributed by atoms with Crippen LogP contribution in [-0.2, 0) is 20.6 Å². The van der Waals surface area contributed by atoms with Crippen molar-refractivity contribution in [1.29, 1.82) is 0 Å². The maximum absolute atomic E-state index is 12.8. The summed E-state index contributed by atoms with van der Waals surface area (Å²) in [6, 6.07) is 9.61. The van der Waals surface area contributed by atoms with Gasteiger partial charge in [0.1, 0.15) is 0 Å². The summed E-state index contributed by atoms with van der Waals surface area (Å²) < 4.78 is 27.4. The Balaban J connectivity index is 1.61. The lowest BCUT2D eigenvalue weighted by molar-refractivity contribution is -0.137. The van der Waals surface area contributed by atoms with Gasteiger partial charge in [-0.2, -0.15) is 4.31 Å². The first-order valence-corrected chi connectivity index (χ1v) is 12.4. The number of benzene rings is 1. The summed E-state index contributed by atoms with van der Waals surface area (Å²) in [6.45, 7) is 0.663. The van der Waals surface area contributed by atoms with E-state index < -0.39 is 16.0 Å². The van der Waals surface area contributed by atoms with Gasteiger partial charge < -0.3 is 5.11 Å². The smallest absolute Gasteiger partial charge is 0.303 e. The van der Waals surface area contributed by atoms with Crippen LogP contribution in [-0.4, -0.2) is 36.4 Å². The van der Waals surface area contributed by atoms with Crippen molar-refractivity contribution < 1.29 is 18.3 Å². The van der Waals surface area contributed by atoms with Crippen LogP contribution in [0.15, 0.2) is 30.3 Å². The Labute approximate surface area is 170 Å². The molecule has 1 aliphatic heterocycles. The van der Waals surface area contributed by atoms with Crippen molar-refractivity contribution in [2.75, 3.05) is 6.54 Å². The SMILES string of the molecule is O=C(O)CCCCCCCCCCC1CCCN1S(=O)(=O)Cc1ccccc1. The van der Waals surface area contributed by atoms with Crippen molar-refractivity contribution in [3.05, 3.63) is 35.9 Å². The molecule has 1 aromatic carbocycles. The molecule has 1 N–H and O–H groups in total. The number of rotatable bonds is 14. The quantitative estimate of drug-likeness (QED) is 0.440. The highest BCUT2D eigenvalue weighted by Crippen LogP contribution is 2.27. The fourth-order valence-corrected chi connectivity index (χ4v) is 5.90. The van der Waals surface area contributed by atoms with Crippen LogP contribution in [0.2, 0.25) is 0 Å². The standard InChI is InChI=1S/C22H35NO4S/c24-22(25)17-11-6-4-2-1-3-5-10-15-21-16-12-18-23(21)28(26,27)19-20-13-8-7-9-14-20/h7-9,13-14,21H,1-6,10-12,15-19H2,(H,24,25). The second kappa shape index (κ2) is 12.2. The molecule has 0 bridgehead atoms. The molecule has 0 aliphatic carbocycles. The number of carboxylic acids is 1. The average Bonchev–Trinajstić information content (AvgIpc) is 3.13. The van der Waals surface area contributed by atoms with Crippen LogP contribution in [0.1, 0.15) is 82.6 Å². The summed E-state index contributed by atoms with van der Waals surface area (Å²) in [4.78, 5) is 10.5. The van der Waals surface area contributed by atoms with Crippen LogP contribution in [0.4, 0.5) is 0 Å². The number of unbranched alkanes of at least 4 members (excludes halogenated alkanes) is 7. The van der Waals surface area contributed by atoms with Crippen LogP contribution in [0.3, 0.4) is 0 Å². The lowest BCUT2D eigenvalue weighted by Crippen LogP contribution is -2.36. The van der Waals surface area contributed by atoms with Gasteiger partial charge in [0.15, 0.2) is 0 Å². The highest BCUT2D eigenvalue weighted by Gasteiger charge is 2.33. The monoisotopic (exact) mass is 409 g/mol. The number of carbonyl (C=O) groups is 1. The third-order valence-electron chi connectivity index (χ3n) is 5.55. The van der Waals surface area contributed by atoms with Gasteiger partial charge >= 0.3 is 5.97 Å². The summed E-state index contributed by atoms with van der Waals surface area (Å²) in [7, 11) is -3.24. The van der Waals surface area contributed by atoms with E-state index in [9.17, 15) is 13.2 Å². The molecule has 0 saturated carbocycles. The number of carboxylic acid groups (broad SMARTS) is 1. The van der Waals surface area contributed by atoms with E-state index in [1.807, 2.05) is 30.3 Å². The molecule has 1 unspecified atom stereocenters. The van der Waals surface area contributed by atoms with Crippen molar-refractivity contribution in [1.82, 2.24) is 4.31 Å². The Kier molecular flexibility index (Phi) is 9.99. The van der Waals surface area contributed by atoms with Gasteiger partial charge in [-0.1, -0.05) is 75.3 Å². The van der Waals surface area contributed by atoms with Crippen molar-refractivity contribution in [2.45, 2.75) is 88.8 Å². The van der Waals surface area contributed by atoms with Gasteiger partial charge in [-0.05, 0) is 31.2 Å². The van der Waals surface area contributed by atoms with Crippen molar-refractivity contribution in [2.24, 2.45) is 0 Å². The Bertz CT molecular complexity index is 675. The molecule has 6 heteroatoms. The van der Waals surface area contributed by atoms with E-state index in [4.69, 9.17) is 5.11 Å². The topological polar surface area (TPSA) is 74.7 Å². The van der Waals surface area contributed by atoms with Gasteiger partial charge in [-0.25, -0.2) is 8.42 Å². The fourth-order valence-electron chi connectivity index (χ4n) is 4.05. The highest BCUT2D eigenvalue weighted by molar-refractivity contribution is 7.88. The minimum atomic E-state index is -3.24. The second-order valence-corrected chi connectivity index (χ2v) is 9.83. The molecule has 158 valence electrons. The number of nitrogens with zero attached hydrogens (tertiary/aromatic N) is 1. The van der Waals surface area contributed by atoms with E-state index in [2.05, 4.69) is 0 Å². The Morgan fingerprint density at radius 3 is 2.21 bits per heavy atom. The average molecular weight is 410 g/mol. The van der Waals surface area contributed by atoms with Gasteiger partial charge in [0.25, 0.3) is 0 Å². The van der Waals surface area contributed by atoms with E-state index in [-0.39, 0.29) is 18.2 Å². The molecular formula is C22H35NO4S. The van der Waals surface area contributed by atoms with E-state index in [1.54, 1.807) is 4.31 Å². The van der Waals surface area contributed by atoms with E-state index >= 15 is 0 Å². The van der Waals surface area contributed by atoms with Gasteiger partial charge in [0.05, 0.1) is 5.75 Å². The van der Waals surface area contributed by atoms with Gasteiger partial charge in [0, 0.05) is 19.0 Å². The second-order valence-electron chi connectivity index (χ2n) is 7.91. The normalized spacial score (nSPS) is 17.8. The highest BCUT2D eigenvalue weighted by atomic mass is 32.2. The number of aliphatic carboxylic acids is 1. The fraction of sp³-hybridized carbons (Fsp3) is 0.682. The molecule has 1 fully saturated rings. The molecule has 0 spiro atoms. The molecule has 1 aliphatic rings. The minimum absolute atomic E-state index is 0.103. The molecule has 28 heavy (non-hydrogen) atoms. The van der Waals surface area contributed by atoms with Gasteiger partial charge in [-0.3, -0.25) is 4.79 Å². The zero-order valence-corrected chi connectivity index (χ0v) is 17.7. The lowest BCUT2D eigenvalue weighted by Gasteiger charge is -2.24. The zero-order chi connectivity index (χ0) is 20.2. The van der Waals surface area contributed by atoms with Gasteiger partial charge in [-0.15, -0.1) is 0 Å². The third kappa shape index (κ3) is 8.31. The molecule has 5 nitrogen and oxygen atoms in total. The predicted octanol–water partition coefficient (Wildman–Crippen LogP) is 4.97. The third-order valence-corrected chi connectivity index (χ3v) is 7.44. The van der Waals surface area contributed by atoms with E-state index in [0.29, 0.717) is 6.54 Å². The first kappa shape index (κ1) is 22.9. The molecule has 0 amide bonds. The van der Waals surface area contributed by atoms with Crippen LogP contribution in [0.5, 0.6) is 0 Å². The minimum Gasteiger partial charge on any atom is -0.481 e. The largest absolute Gasteiger partial charge is 0.481 e. The summed E-state index contributed by atoms with van der Waals surface area (Å²) in [5.74, 6) is -0.599. The van der Waals surface area contributed by atoms with Crippen molar-refractivity contribution >= 4 is 16.0 Å². The lowest BCUT2D eigenvalue weighted by atomic mass is 10.0. The Hall–Kier alpha value is -1.40. The number of hydrogen-bond donors (Lipinski definition) is 1. The van der Waals surface area contributed by atoms with E-state index in [1.165, 1.54) is 19.3 Å². The van der Waals surface area contributed by atoms with Crippen molar-refractivity contribution in [3.8, 4) is 0 Å². The maximum atomic E-state index is 12.8. The number of sulfonamides is 1. The molecule has 1 saturated heterocycles. The molecule has 2 rings (SSSR count). The Morgan fingerprint density at radius 1 is 0.964 bits per heavy atom. The van der Waals surface area contributed by atoms with Crippen LogP contribution < -0.4 is 0 Å². The zero-order valence-electron chi connectivity index (χ0n) is 16.9. The summed E-state index contributed by atoms with van der Waals surface area (Å²) >= 11 is 0. The van der Waals surface area contributed by atoms with E-state index in [0.717, 1.165) is 56.9 Å². The van der Waals surface area contributed by atoms with Gasteiger partial charge in [0.2, 0.25) is 10.0 Å². The first-order valence-electron chi connectivity index (χ1n) is 10.7. The summed E-state index contributed by atoms with van der Waals surface area (Å²) in [5.41, 5.74) is 0.858. The van der Waals surface area contributed by atoms with Crippen molar-refractivity contribution in [3.63, 3.8) is 0 Å². The van der Waals surface area contributed by atoms with Crippen LogP contribution in [0.25, 0.3) is 0 Å². The first-order chi connectivity index (χ1) is 13.5. The summed E-state index contributed by atoms with van der Waals surface area (Å²) in [6.07, 6.45) is 11.9.